The van der Waals surface area contributed by atoms with E-state index in [1.165, 1.54) is 12.8 Å². The SMILES string of the molecule is CC1CCC[C@H]([C@@H]2CCC[C@H]3CCC[C@H]32)C1. The van der Waals surface area contributed by atoms with Crippen molar-refractivity contribution in [2.75, 3.05) is 0 Å². The lowest BCUT2D eigenvalue weighted by Crippen LogP contribution is -2.32. The first-order valence-corrected chi connectivity index (χ1v) is 7.84. The van der Waals surface area contributed by atoms with Crippen molar-refractivity contribution in [2.24, 2.45) is 29.6 Å². The molecule has 16 heavy (non-hydrogen) atoms. The van der Waals surface area contributed by atoms with Gasteiger partial charge in [0, 0.05) is 0 Å². The van der Waals surface area contributed by atoms with Gasteiger partial charge in [-0.2, -0.15) is 0 Å². The van der Waals surface area contributed by atoms with Gasteiger partial charge in [0.2, 0.25) is 0 Å². The van der Waals surface area contributed by atoms with Gasteiger partial charge in [-0.15, -0.1) is 0 Å². The summed E-state index contributed by atoms with van der Waals surface area (Å²) in [5.74, 6) is 5.60. The van der Waals surface area contributed by atoms with Crippen LogP contribution in [0.1, 0.15) is 71.1 Å². The second-order valence-corrected chi connectivity index (χ2v) is 6.98. The average Bonchev–Trinajstić information content (AvgIpc) is 2.76. The molecule has 0 amide bonds. The van der Waals surface area contributed by atoms with Gasteiger partial charge in [0.15, 0.2) is 0 Å². The maximum absolute atomic E-state index is 2.49. The summed E-state index contributed by atoms with van der Waals surface area (Å²) in [5.41, 5.74) is 0. The van der Waals surface area contributed by atoms with Gasteiger partial charge in [-0.25, -0.2) is 0 Å². The summed E-state index contributed by atoms with van der Waals surface area (Å²) in [6.07, 6.45) is 15.6. The van der Waals surface area contributed by atoms with Gasteiger partial charge in [0.05, 0.1) is 0 Å². The van der Waals surface area contributed by atoms with Crippen molar-refractivity contribution in [3.05, 3.63) is 0 Å². The van der Waals surface area contributed by atoms with Crippen LogP contribution in [0.5, 0.6) is 0 Å². The molecule has 92 valence electrons. The first-order valence-electron chi connectivity index (χ1n) is 7.84. The zero-order valence-corrected chi connectivity index (χ0v) is 11.0. The summed E-state index contributed by atoms with van der Waals surface area (Å²) < 4.78 is 0. The fourth-order valence-corrected chi connectivity index (χ4v) is 5.27. The lowest BCUT2D eigenvalue weighted by Gasteiger charge is -2.42. The van der Waals surface area contributed by atoms with Crippen LogP contribution in [0.15, 0.2) is 0 Å². The Hall–Kier alpha value is 0. The monoisotopic (exact) mass is 220 g/mol. The van der Waals surface area contributed by atoms with Gasteiger partial charge in [-0.05, 0) is 48.9 Å². The Morgan fingerprint density at radius 2 is 1.19 bits per heavy atom. The van der Waals surface area contributed by atoms with Crippen LogP contribution < -0.4 is 0 Å². The third kappa shape index (κ3) is 2.05. The Morgan fingerprint density at radius 1 is 0.625 bits per heavy atom. The van der Waals surface area contributed by atoms with E-state index in [1.54, 1.807) is 51.4 Å². The quantitative estimate of drug-likeness (QED) is 0.581. The maximum atomic E-state index is 2.49. The molecule has 0 aliphatic heterocycles. The van der Waals surface area contributed by atoms with Crippen LogP contribution in [-0.2, 0) is 0 Å². The summed E-state index contributed by atoms with van der Waals surface area (Å²) in [4.78, 5) is 0. The minimum atomic E-state index is 1.03. The standard InChI is InChI=1S/C16H28/c1-12-5-2-8-14(11-12)16-10-4-7-13-6-3-9-15(13)16/h12-16H,2-11H2,1H3/t12?,13-,14+,15-,16+/m1/s1. The second kappa shape index (κ2) is 4.70. The highest BCUT2D eigenvalue weighted by molar-refractivity contribution is 4.91. The van der Waals surface area contributed by atoms with Crippen LogP contribution in [0, 0.1) is 29.6 Å². The van der Waals surface area contributed by atoms with E-state index >= 15 is 0 Å². The second-order valence-electron chi connectivity index (χ2n) is 6.98. The molecular formula is C16H28. The van der Waals surface area contributed by atoms with Crippen LogP contribution in [-0.4, -0.2) is 0 Å². The Kier molecular flexibility index (Phi) is 3.27. The molecule has 3 fully saturated rings. The predicted molar refractivity (Wildman–Crippen MR) is 69.3 cm³/mol. The summed E-state index contributed by atoms with van der Waals surface area (Å²) in [7, 11) is 0. The third-order valence-corrected chi connectivity index (χ3v) is 5.96. The molecule has 0 saturated heterocycles. The van der Waals surface area contributed by atoms with Gasteiger partial charge in [0.25, 0.3) is 0 Å². The molecule has 0 spiro atoms. The molecule has 0 bridgehead atoms. The molecule has 0 aromatic rings. The molecular weight excluding hydrogens is 192 g/mol. The first-order chi connectivity index (χ1) is 7.84. The van der Waals surface area contributed by atoms with E-state index < -0.39 is 0 Å². The van der Waals surface area contributed by atoms with Crippen LogP contribution in [0.25, 0.3) is 0 Å². The Labute approximate surface area is 101 Å². The number of fused-ring (bicyclic) bond motifs is 1. The lowest BCUT2D eigenvalue weighted by atomic mass is 9.64. The molecule has 0 heteroatoms. The summed E-state index contributed by atoms with van der Waals surface area (Å²) in [5, 5.41) is 0. The average molecular weight is 220 g/mol. The van der Waals surface area contributed by atoms with E-state index in [4.69, 9.17) is 0 Å². The largest absolute Gasteiger partial charge is 0.0625 e. The Bertz CT molecular complexity index is 232. The van der Waals surface area contributed by atoms with Gasteiger partial charge in [-0.3, -0.25) is 0 Å². The maximum Gasteiger partial charge on any atom is -0.0355 e. The molecule has 3 aliphatic rings. The molecule has 3 saturated carbocycles. The summed E-state index contributed by atoms with van der Waals surface area (Å²) >= 11 is 0. The van der Waals surface area contributed by atoms with Crippen molar-refractivity contribution >= 4 is 0 Å². The van der Waals surface area contributed by atoms with Crippen molar-refractivity contribution in [3.63, 3.8) is 0 Å². The highest BCUT2D eigenvalue weighted by Gasteiger charge is 2.40. The lowest BCUT2D eigenvalue weighted by molar-refractivity contribution is 0.0854. The van der Waals surface area contributed by atoms with Crippen LogP contribution >= 0.6 is 0 Å². The highest BCUT2D eigenvalue weighted by Crippen LogP contribution is 2.51. The topological polar surface area (TPSA) is 0 Å². The van der Waals surface area contributed by atoms with E-state index in [1.807, 2.05) is 0 Å². The predicted octanol–water partition coefficient (Wildman–Crippen LogP) is 5.03. The zero-order valence-electron chi connectivity index (χ0n) is 11.0. The van der Waals surface area contributed by atoms with E-state index in [-0.39, 0.29) is 0 Å². The molecule has 0 N–H and O–H groups in total. The van der Waals surface area contributed by atoms with Crippen molar-refractivity contribution in [1.82, 2.24) is 0 Å². The van der Waals surface area contributed by atoms with Gasteiger partial charge < -0.3 is 0 Å². The van der Waals surface area contributed by atoms with Crippen molar-refractivity contribution < 1.29 is 0 Å². The number of rotatable bonds is 1. The van der Waals surface area contributed by atoms with Crippen molar-refractivity contribution in [1.29, 1.82) is 0 Å². The zero-order chi connectivity index (χ0) is 11.0. The molecule has 0 aromatic carbocycles. The van der Waals surface area contributed by atoms with E-state index in [0.717, 1.165) is 29.6 Å². The van der Waals surface area contributed by atoms with Crippen LogP contribution in [0.4, 0.5) is 0 Å². The van der Waals surface area contributed by atoms with E-state index in [9.17, 15) is 0 Å². The fraction of sp³-hybridized carbons (Fsp3) is 1.00. The van der Waals surface area contributed by atoms with Crippen LogP contribution in [0.2, 0.25) is 0 Å². The third-order valence-electron chi connectivity index (χ3n) is 5.96. The van der Waals surface area contributed by atoms with E-state index in [0.29, 0.717) is 0 Å². The van der Waals surface area contributed by atoms with Gasteiger partial charge >= 0.3 is 0 Å². The minimum Gasteiger partial charge on any atom is -0.0625 e. The van der Waals surface area contributed by atoms with E-state index in [2.05, 4.69) is 6.92 Å². The fourth-order valence-electron chi connectivity index (χ4n) is 5.27. The molecule has 3 aliphatic carbocycles. The van der Waals surface area contributed by atoms with Gasteiger partial charge in [0.1, 0.15) is 0 Å². The molecule has 1 unspecified atom stereocenters. The molecule has 3 rings (SSSR count). The molecule has 0 radical (unpaired) electrons. The number of hydrogen-bond donors (Lipinski definition) is 0. The van der Waals surface area contributed by atoms with Gasteiger partial charge in [-0.1, -0.05) is 51.9 Å². The van der Waals surface area contributed by atoms with Crippen molar-refractivity contribution in [3.8, 4) is 0 Å². The number of hydrogen-bond acceptors (Lipinski definition) is 0. The molecule has 0 nitrogen and oxygen atoms in total. The smallest absolute Gasteiger partial charge is 0.0355 e. The Balaban J connectivity index is 1.67. The normalized spacial score (nSPS) is 48.9. The van der Waals surface area contributed by atoms with Crippen molar-refractivity contribution in [2.45, 2.75) is 71.1 Å². The minimum absolute atomic E-state index is 1.03. The molecule has 0 aromatic heterocycles. The van der Waals surface area contributed by atoms with Crippen LogP contribution in [0.3, 0.4) is 0 Å². The summed E-state index contributed by atoms with van der Waals surface area (Å²) in [6, 6.07) is 0. The Morgan fingerprint density at radius 3 is 1.88 bits per heavy atom. The molecule has 5 atom stereocenters. The molecule has 0 heterocycles. The first kappa shape index (κ1) is 11.1. The highest BCUT2D eigenvalue weighted by atomic mass is 14.5. The summed E-state index contributed by atoms with van der Waals surface area (Å²) in [6.45, 7) is 2.49.